The van der Waals surface area contributed by atoms with Gasteiger partial charge in [0.2, 0.25) is 0 Å². The number of carbonyl (C=O) groups is 1. The molecule has 8 atom stereocenters. The molecule has 5 aliphatic carbocycles. The molecule has 5 heteroatoms. The Hall–Kier alpha value is -1.10. The number of halogens is 1. The second kappa shape index (κ2) is 7.74. The molecule has 0 aliphatic heterocycles. The van der Waals surface area contributed by atoms with E-state index < -0.39 is 5.67 Å². The fourth-order valence-corrected chi connectivity index (χ4v) is 8.57. The van der Waals surface area contributed by atoms with Crippen LogP contribution >= 0.6 is 0 Å². The van der Waals surface area contributed by atoms with Crippen LogP contribution in [-0.2, 0) is 4.79 Å². The van der Waals surface area contributed by atoms with Crippen LogP contribution < -0.4 is 11.6 Å². The number of hydrogen-bond donors (Lipinski definition) is 2. The predicted molar refractivity (Wildman–Crippen MR) is 121 cm³/mol. The van der Waals surface area contributed by atoms with Crippen LogP contribution in [0.15, 0.2) is 11.9 Å². The highest BCUT2D eigenvalue weighted by molar-refractivity contribution is 5.84. The second-order valence-corrected chi connectivity index (χ2v) is 12.2. The molecule has 174 valence electrons. The van der Waals surface area contributed by atoms with Crippen molar-refractivity contribution in [1.82, 2.24) is 5.01 Å². The van der Waals surface area contributed by atoms with E-state index in [2.05, 4.69) is 13.8 Å². The summed E-state index contributed by atoms with van der Waals surface area (Å²) in [6.45, 7) is 4.87. The number of hydrogen-bond acceptors (Lipinski definition) is 4. The summed E-state index contributed by atoms with van der Waals surface area (Å²) in [5.74, 6) is 9.02. The highest BCUT2D eigenvalue weighted by Gasteiger charge is 2.62. The number of allylic oxidation sites excluding steroid dienone is 1. The summed E-state index contributed by atoms with van der Waals surface area (Å²) in [5, 5.41) is 1.50. The van der Waals surface area contributed by atoms with Crippen LogP contribution in [0.2, 0.25) is 0 Å². The van der Waals surface area contributed by atoms with Crippen molar-refractivity contribution >= 4 is 5.78 Å². The molecule has 0 spiro atoms. The van der Waals surface area contributed by atoms with E-state index in [1.54, 1.807) is 6.20 Å². The normalized spacial score (nSPS) is 47.3. The first-order valence-electron chi connectivity index (χ1n) is 12.9. The number of nitrogens with zero attached hydrogens (tertiary/aromatic N) is 1. The van der Waals surface area contributed by atoms with Gasteiger partial charge in [-0.1, -0.05) is 13.8 Å². The van der Waals surface area contributed by atoms with Crippen molar-refractivity contribution in [3.05, 3.63) is 11.9 Å². The Bertz CT molecular complexity index is 751. The number of rotatable bonds is 5. The van der Waals surface area contributed by atoms with E-state index in [1.807, 2.05) is 0 Å². The quantitative estimate of drug-likeness (QED) is 0.478. The van der Waals surface area contributed by atoms with Gasteiger partial charge < -0.3 is 10.7 Å². The fraction of sp³-hybridized carbons (Fsp3) is 0.885. The highest BCUT2D eigenvalue weighted by Crippen LogP contribution is 2.66. The Labute approximate surface area is 187 Å². The van der Waals surface area contributed by atoms with Crippen molar-refractivity contribution in [2.24, 2.45) is 58.4 Å². The fourth-order valence-electron chi connectivity index (χ4n) is 8.57. The number of hydrazine groups is 1. The topological polar surface area (TPSA) is 72.3 Å². The summed E-state index contributed by atoms with van der Waals surface area (Å²) < 4.78 is 16.4. The number of alkyl halides is 1. The maximum absolute atomic E-state index is 16.4. The van der Waals surface area contributed by atoms with Crippen LogP contribution in [0.25, 0.3) is 0 Å². The molecular formula is C26H42FN3O. The number of Topliss-reactive ketones (excluding diaryl/α,β-unsaturated/α-hetero) is 1. The SMILES string of the molecule is CC1CCC2(F)C(CCC3C4CCC(C(=O)CN(N)/C=C(\N)C5CC5)C4(C)CCC32)C1. The van der Waals surface area contributed by atoms with Crippen molar-refractivity contribution in [2.75, 3.05) is 6.54 Å². The standard InChI is InChI=1S/C26H42FN3O/c1-16-9-12-26(27)18(13-16)5-6-19-20-7-8-22(25(20,2)11-10-21(19)26)24(31)15-30(29)14-23(28)17-3-4-17/h14,16-22H,3-13,15,28-29H2,1-2H3/b23-14-. The zero-order chi connectivity index (χ0) is 22.0. The van der Waals surface area contributed by atoms with Gasteiger partial charge in [0, 0.05) is 23.7 Å². The summed E-state index contributed by atoms with van der Waals surface area (Å²) in [4.78, 5) is 13.3. The average Bonchev–Trinajstić information content (AvgIpc) is 3.50. The van der Waals surface area contributed by atoms with Gasteiger partial charge in [-0.2, -0.15) is 0 Å². The van der Waals surface area contributed by atoms with Crippen LogP contribution in [0.3, 0.4) is 0 Å². The van der Waals surface area contributed by atoms with E-state index in [9.17, 15) is 4.79 Å². The van der Waals surface area contributed by atoms with Crippen molar-refractivity contribution in [2.45, 2.75) is 90.1 Å². The minimum atomic E-state index is -0.946. The van der Waals surface area contributed by atoms with Crippen LogP contribution in [0.1, 0.15) is 84.5 Å². The van der Waals surface area contributed by atoms with Gasteiger partial charge in [-0.05, 0) is 106 Å². The smallest absolute Gasteiger partial charge is 0.157 e. The molecule has 5 fully saturated rings. The minimum absolute atomic E-state index is 0.00992. The van der Waals surface area contributed by atoms with Crippen molar-refractivity contribution in [3.63, 3.8) is 0 Å². The van der Waals surface area contributed by atoms with E-state index in [4.69, 9.17) is 11.6 Å². The average molecular weight is 432 g/mol. The molecule has 5 rings (SSSR count). The van der Waals surface area contributed by atoms with Crippen LogP contribution in [0.4, 0.5) is 4.39 Å². The minimum Gasteiger partial charge on any atom is -0.401 e. The monoisotopic (exact) mass is 431 g/mol. The molecule has 0 aromatic rings. The third-order valence-electron chi connectivity index (χ3n) is 10.4. The van der Waals surface area contributed by atoms with Crippen LogP contribution in [0, 0.1) is 46.8 Å². The number of nitrogens with two attached hydrogens (primary N) is 2. The molecule has 0 aromatic carbocycles. The Kier molecular flexibility index (Phi) is 5.43. The van der Waals surface area contributed by atoms with Gasteiger partial charge in [-0.25, -0.2) is 10.2 Å². The molecular weight excluding hydrogens is 389 g/mol. The van der Waals surface area contributed by atoms with Gasteiger partial charge in [-0.15, -0.1) is 0 Å². The van der Waals surface area contributed by atoms with E-state index in [-0.39, 0.29) is 35.5 Å². The second-order valence-electron chi connectivity index (χ2n) is 12.2. The lowest BCUT2D eigenvalue weighted by atomic mass is 9.48. The van der Waals surface area contributed by atoms with Crippen LogP contribution in [-0.4, -0.2) is 23.0 Å². The molecule has 5 saturated carbocycles. The Morgan fingerprint density at radius 2 is 1.84 bits per heavy atom. The van der Waals surface area contributed by atoms with Gasteiger partial charge >= 0.3 is 0 Å². The number of fused-ring (bicyclic) bond motifs is 5. The lowest BCUT2D eigenvalue weighted by molar-refractivity contribution is -0.146. The van der Waals surface area contributed by atoms with Crippen LogP contribution in [0.5, 0.6) is 0 Å². The predicted octanol–water partition coefficient (Wildman–Crippen LogP) is 4.94. The zero-order valence-electron chi connectivity index (χ0n) is 19.5. The zero-order valence-corrected chi connectivity index (χ0v) is 19.5. The van der Waals surface area contributed by atoms with E-state index >= 15 is 4.39 Å². The van der Waals surface area contributed by atoms with E-state index in [0.717, 1.165) is 69.9 Å². The molecule has 0 radical (unpaired) electrons. The number of ketones is 1. The summed E-state index contributed by atoms with van der Waals surface area (Å²) in [6, 6.07) is 0. The molecule has 4 nitrogen and oxygen atoms in total. The molecule has 0 heterocycles. The van der Waals surface area contributed by atoms with Gasteiger partial charge in [0.1, 0.15) is 5.67 Å². The van der Waals surface area contributed by atoms with Crippen molar-refractivity contribution in [1.29, 1.82) is 0 Å². The Balaban J connectivity index is 1.28. The largest absolute Gasteiger partial charge is 0.401 e. The molecule has 4 N–H and O–H groups in total. The third kappa shape index (κ3) is 3.63. The maximum atomic E-state index is 16.4. The molecule has 5 aliphatic rings. The Morgan fingerprint density at radius 3 is 2.58 bits per heavy atom. The molecule has 0 amide bonds. The van der Waals surface area contributed by atoms with Gasteiger partial charge in [-0.3, -0.25) is 4.79 Å². The molecule has 0 aromatic heterocycles. The molecule has 0 bridgehead atoms. The van der Waals surface area contributed by atoms with Gasteiger partial charge in [0.15, 0.2) is 5.78 Å². The van der Waals surface area contributed by atoms with E-state index in [0.29, 0.717) is 23.7 Å². The molecule has 31 heavy (non-hydrogen) atoms. The Morgan fingerprint density at radius 1 is 1.06 bits per heavy atom. The third-order valence-corrected chi connectivity index (χ3v) is 10.4. The summed E-state index contributed by atoms with van der Waals surface area (Å²) >= 11 is 0. The summed E-state index contributed by atoms with van der Waals surface area (Å²) in [7, 11) is 0. The van der Waals surface area contributed by atoms with Crippen molar-refractivity contribution < 1.29 is 9.18 Å². The highest BCUT2D eigenvalue weighted by atomic mass is 19.1. The summed E-state index contributed by atoms with van der Waals surface area (Å²) in [6.07, 6.45) is 13.1. The van der Waals surface area contributed by atoms with Crippen molar-refractivity contribution in [3.8, 4) is 0 Å². The van der Waals surface area contributed by atoms with Gasteiger partial charge in [0.05, 0.1) is 6.54 Å². The molecule has 8 unspecified atom stereocenters. The van der Waals surface area contributed by atoms with E-state index in [1.165, 1.54) is 11.4 Å². The molecule has 0 saturated heterocycles. The first-order chi connectivity index (χ1) is 14.7. The first kappa shape index (κ1) is 21.7. The lowest BCUT2D eigenvalue weighted by Gasteiger charge is -2.58. The maximum Gasteiger partial charge on any atom is 0.157 e. The van der Waals surface area contributed by atoms with Gasteiger partial charge in [0.25, 0.3) is 0 Å². The first-order valence-corrected chi connectivity index (χ1v) is 12.9. The summed E-state index contributed by atoms with van der Waals surface area (Å²) in [5.41, 5.74) is 5.95. The lowest BCUT2D eigenvalue weighted by Crippen LogP contribution is -2.56. The number of carbonyl (C=O) groups excluding carboxylic acids is 1.